The molecule has 2 heterocycles. The van der Waals surface area contributed by atoms with Crippen LogP contribution in [-0.4, -0.2) is 24.0 Å². The van der Waals surface area contributed by atoms with Gasteiger partial charge in [0.1, 0.15) is 0 Å². The number of thiophene rings is 1. The molecule has 1 aliphatic rings. The van der Waals surface area contributed by atoms with Crippen molar-refractivity contribution in [2.75, 3.05) is 13.1 Å². The van der Waals surface area contributed by atoms with Crippen molar-refractivity contribution in [3.05, 3.63) is 21.9 Å². The van der Waals surface area contributed by atoms with E-state index in [1.165, 1.54) is 37.8 Å². The Morgan fingerprint density at radius 2 is 2.41 bits per heavy atom. The first-order chi connectivity index (χ1) is 8.27. The van der Waals surface area contributed by atoms with Crippen molar-refractivity contribution >= 4 is 11.3 Å². The molecule has 2 rings (SSSR count). The number of hydrogen-bond acceptors (Lipinski definition) is 3. The zero-order chi connectivity index (χ0) is 12.3. The molecule has 0 amide bonds. The van der Waals surface area contributed by atoms with E-state index in [0.29, 0.717) is 12.1 Å². The summed E-state index contributed by atoms with van der Waals surface area (Å²) in [6, 6.07) is 3.41. The molecule has 0 fully saturated rings. The van der Waals surface area contributed by atoms with Crippen LogP contribution in [0.15, 0.2) is 11.4 Å². The molecule has 0 aromatic carbocycles. The summed E-state index contributed by atoms with van der Waals surface area (Å²) in [6.07, 6.45) is 5.01. The van der Waals surface area contributed by atoms with E-state index in [9.17, 15) is 0 Å². The molecule has 3 heteroatoms. The molecule has 1 aromatic rings. The minimum Gasteiger partial charge on any atom is -0.329 e. The lowest BCUT2D eigenvalue weighted by molar-refractivity contribution is 0.130. The molecular formula is C14H24N2S. The summed E-state index contributed by atoms with van der Waals surface area (Å²) in [5, 5.41) is 2.23. The Morgan fingerprint density at radius 1 is 1.59 bits per heavy atom. The van der Waals surface area contributed by atoms with Gasteiger partial charge in [0.2, 0.25) is 0 Å². The van der Waals surface area contributed by atoms with Crippen LogP contribution in [0.3, 0.4) is 0 Å². The number of hydrogen-bond donors (Lipinski definition) is 1. The molecule has 1 aliphatic heterocycles. The first-order valence-corrected chi connectivity index (χ1v) is 7.68. The molecule has 0 saturated carbocycles. The monoisotopic (exact) mass is 252 g/mol. The minimum absolute atomic E-state index is 0.551. The molecule has 0 spiro atoms. The van der Waals surface area contributed by atoms with Crippen molar-refractivity contribution in [2.45, 2.75) is 51.6 Å². The zero-order valence-electron chi connectivity index (χ0n) is 11.0. The largest absolute Gasteiger partial charge is 0.329 e. The first kappa shape index (κ1) is 13.1. The highest BCUT2D eigenvalue weighted by Gasteiger charge is 2.28. The predicted octanol–water partition coefficient (Wildman–Crippen LogP) is 3.18. The van der Waals surface area contributed by atoms with Crippen LogP contribution < -0.4 is 5.73 Å². The molecule has 2 unspecified atom stereocenters. The number of rotatable bonds is 5. The van der Waals surface area contributed by atoms with Gasteiger partial charge in [0.15, 0.2) is 0 Å². The molecule has 2 nitrogen and oxygen atoms in total. The Labute approximate surface area is 109 Å². The summed E-state index contributed by atoms with van der Waals surface area (Å²) < 4.78 is 0. The Morgan fingerprint density at radius 3 is 3.12 bits per heavy atom. The number of nitrogens with two attached hydrogens (primary N) is 1. The molecular weight excluding hydrogens is 228 g/mol. The third kappa shape index (κ3) is 2.72. The highest BCUT2D eigenvalue weighted by atomic mass is 32.1. The minimum atomic E-state index is 0.551. The van der Waals surface area contributed by atoms with E-state index in [1.54, 1.807) is 4.88 Å². The van der Waals surface area contributed by atoms with E-state index < -0.39 is 0 Å². The first-order valence-electron chi connectivity index (χ1n) is 6.80. The van der Waals surface area contributed by atoms with Crippen LogP contribution in [0.5, 0.6) is 0 Å². The topological polar surface area (TPSA) is 29.3 Å². The van der Waals surface area contributed by atoms with Gasteiger partial charge < -0.3 is 5.73 Å². The fourth-order valence-corrected chi connectivity index (χ4v) is 3.85. The molecule has 0 radical (unpaired) electrons. The van der Waals surface area contributed by atoms with Crippen molar-refractivity contribution in [3.8, 4) is 0 Å². The maximum absolute atomic E-state index is 5.96. The van der Waals surface area contributed by atoms with E-state index in [0.717, 1.165) is 6.54 Å². The van der Waals surface area contributed by atoms with Crippen molar-refractivity contribution in [1.82, 2.24) is 4.90 Å². The highest BCUT2D eigenvalue weighted by Crippen LogP contribution is 2.34. The third-order valence-corrected chi connectivity index (χ3v) is 4.95. The fourth-order valence-electron chi connectivity index (χ4n) is 2.89. The van der Waals surface area contributed by atoms with Gasteiger partial charge in [-0.15, -0.1) is 11.3 Å². The lowest BCUT2D eigenvalue weighted by Crippen LogP contribution is -2.45. The molecule has 0 bridgehead atoms. The molecule has 17 heavy (non-hydrogen) atoms. The normalized spacial score (nSPS) is 22.4. The van der Waals surface area contributed by atoms with Crippen LogP contribution in [-0.2, 0) is 6.42 Å². The Kier molecular flexibility index (Phi) is 4.60. The average Bonchev–Trinajstić information content (AvgIpc) is 2.81. The van der Waals surface area contributed by atoms with Gasteiger partial charge >= 0.3 is 0 Å². The smallest absolute Gasteiger partial charge is 0.0334 e. The Hall–Kier alpha value is -0.380. The second-order valence-electron chi connectivity index (χ2n) is 4.99. The molecule has 1 aromatic heterocycles. The molecule has 2 N–H and O–H groups in total. The Bertz CT molecular complexity index is 348. The van der Waals surface area contributed by atoms with Gasteiger partial charge in [-0.05, 0) is 36.8 Å². The van der Waals surface area contributed by atoms with Gasteiger partial charge in [0.25, 0.3) is 0 Å². The molecule has 2 atom stereocenters. The van der Waals surface area contributed by atoms with E-state index in [4.69, 9.17) is 5.73 Å². The number of nitrogens with zero attached hydrogens (tertiary/aromatic N) is 1. The van der Waals surface area contributed by atoms with Crippen LogP contribution >= 0.6 is 11.3 Å². The second-order valence-corrected chi connectivity index (χ2v) is 6.00. The summed E-state index contributed by atoms with van der Waals surface area (Å²) in [4.78, 5) is 4.20. The molecule has 0 saturated heterocycles. The second kappa shape index (κ2) is 5.98. The van der Waals surface area contributed by atoms with E-state index >= 15 is 0 Å². The van der Waals surface area contributed by atoms with Crippen LogP contribution in [0, 0.1) is 0 Å². The van der Waals surface area contributed by atoms with Crippen LogP contribution in [0.2, 0.25) is 0 Å². The standard InChI is InChI=1S/C14H24N2S/c1-3-4-5-12(10-15)16-8-6-14-13(11(16)2)7-9-17-14/h7,9,11-12H,3-6,8,10,15H2,1-2H3. The summed E-state index contributed by atoms with van der Waals surface area (Å²) in [5.74, 6) is 0. The SMILES string of the molecule is CCCCC(CN)N1CCc2sccc2C1C. The third-order valence-electron chi connectivity index (χ3n) is 3.96. The Balaban J connectivity index is 2.07. The van der Waals surface area contributed by atoms with Gasteiger partial charge in [0, 0.05) is 30.1 Å². The van der Waals surface area contributed by atoms with E-state index in [-0.39, 0.29) is 0 Å². The van der Waals surface area contributed by atoms with Gasteiger partial charge in [-0.1, -0.05) is 19.8 Å². The fraction of sp³-hybridized carbons (Fsp3) is 0.714. The zero-order valence-corrected chi connectivity index (χ0v) is 11.8. The lowest BCUT2D eigenvalue weighted by atomic mass is 9.97. The van der Waals surface area contributed by atoms with E-state index in [2.05, 4.69) is 30.2 Å². The van der Waals surface area contributed by atoms with Gasteiger partial charge in [-0.25, -0.2) is 0 Å². The summed E-state index contributed by atoms with van der Waals surface area (Å²) in [6.45, 7) is 6.56. The summed E-state index contributed by atoms with van der Waals surface area (Å²) in [7, 11) is 0. The van der Waals surface area contributed by atoms with Gasteiger partial charge in [0.05, 0.1) is 0 Å². The summed E-state index contributed by atoms with van der Waals surface area (Å²) in [5.41, 5.74) is 7.50. The van der Waals surface area contributed by atoms with Crippen LogP contribution in [0.25, 0.3) is 0 Å². The van der Waals surface area contributed by atoms with Gasteiger partial charge in [-0.3, -0.25) is 4.90 Å². The summed E-state index contributed by atoms with van der Waals surface area (Å²) >= 11 is 1.91. The van der Waals surface area contributed by atoms with Gasteiger partial charge in [-0.2, -0.15) is 0 Å². The lowest BCUT2D eigenvalue weighted by Gasteiger charge is -2.39. The maximum atomic E-state index is 5.96. The molecule has 96 valence electrons. The van der Waals surface area contributed by atoms with Crippen molar-refractivity contribution in [3.63, 3.8) is 0 Å². The maximum Gasteiger partial charge on any atom is 0.0334 e. The number of unbranched alkanes of at least 4 members (excludes halogenated alkanes) is 1. The van der Waals surface area contributed by atoms with Crippen molar-refractivity contribution in [2.24, 2.45) is 5.73 Å². The van der Waals surface area contributed by atoms with Crippen molar-refractivity contribution < 1.29 is 0 Å². The van der Waals surface area contributed by atoms with Crippen molar-refractivity contribution in [1.29, 1.82) is 0 Å². The van der Waals surface area contributed by atoms with Crippen LogP contribution in [0.4, 0.5) is 0 Å². The van der Waals surface area contributed by atoms with Crippen LogP contribution in [0.1, 0.15) is 49.6 Å². The number of fused-ring (bicyclic) bond motifs is 1. The predicted molar refractivity (Wildman–Crippen MR) is 75.5 cm³/mol. The quantitative estimate of drug-likeness (QED) is 0.872. The molecule has 0 aliphatic carbocycles. The highest BCUT2D eigenvalue weighted by molar-refractivity contribution is 7.10. The van der Waals surface area contributed by atoms with E-state index in [1.807, 2.05) is 11.3 Å². The average molecular weight is 252 g/mol.